The molecule has 1 aromatic carbocycles. The molecule has 0 atom stereocenters. The number of nitrogens with two attached hydrogens (primary N) is 1. The van der Waals surface area contributed by atoms with Crippen molar-refractivity contribution in [2.75, 3.05) is 33.0 Å². The van der Waals surface area contributed by atoms with Crippen molar-refractivity contribution in [3.8, 4) is 5.75 Å². The Bertz CT molecular complexity index is 421. The largest absolute Gasteiger partial charge is 0.497 e. The Morgan fingerprint density at radius 2 is 2.05 bits per heavy atom. The van der Waals surface area contributed by atoms with Gasteiger partial charge in [0.05, 0.1) is 7.11 Å². The van der Waals surface area contributed by atoms with Crippen LogP contribution in [0, 0.1) is 0 Å². The first kappa shape index (κ1) is 15.3. The van der Waals surface area contributed by atoms with Crippen LogP contribution in [-0.4, -0.2) is 43.2 Å². The van der Waals surface area contributed by atoms with E-state index in [0.717, 1.165) is 19.3 Å². The van der Waals surface area contributed by atoms with Gasteiger partial charge in [-0.1, -0.05) is 0 Å². The second kappa shape index (κ2) is 7.63. The summed E-state index contributed by atoms with van der Waals surface area (Å²) >= 11 is 0. The van der Waals surface area contributed by atoms with Crippen molar-refractivity contribution in [1.29, 1.82) is 0 Å². The average molecular weight is 266 g/mol. The van der Waals surface area contributed by atoms with Crippen molar-refractivity contribution in [1.82, 2.24) is 4.90 Å². The second-order valence-electron chi connectivity index (χ2n) is 4.51. The Labute approximate surface area is 114 Å². The van der Waals surface area contributed by atoms with Gasteiger partial charge in [0, 0.05) is 37.5 Å². The number of anilines is 1. The van der Waals surface area contributed by atoms with E-state index in [2.05, 4.69) is 0 Å². The molecule has 1 aromatic rings. The Morgan fingerprint density at radius 1 is 1.32 bits per heavy atom. The van der Waals surface area contributed by atoms with E-state index in [1.54, 1.807) is 37.3 Å². The molecule has 0 aliphatic rings. The number of carbonyl (C=O) groups excluding carboxylic acids is 1. The molecule has 0 aliphatic heterocycles. The molecule has 0 bridgehead atoms. The molecule has 1 rings (SSSR count). The molecule has 0 aromatic heterocycles. The van der Waals surface area contributed by atoms with Crippen LogP contribution in [0.25, 0.3) is 0 Å². The monoisotopic (exact) mass is 266 g/mol. The molecule has 0 heterocycles. The van der Waals surface area contributed by atoms with Crippen molar-refractivity contribution in [2.45, 2.75) is 19.3 Å². The maximum absolute atomic E-state index is 12.2. The number of amides is 1. The zero-order valence-electron chi connectivity index (χ0n) is 11.6. The van der Waals surface area contributed by atoms with Crippen LogP contribution in [0.5, 0.6) is 5.75 Å². The number of nitrogens with zero attached hydrogens (tertiary/aromatic N) is 1. The van der Waals surface area contributed by atoms with Crippen LogP contribution in [0.4, 0.5) is 5.69 Å². The number of hydrogen-bond acceptors (Lipinski definition) is 4. The predicted octanol–water partition coefficient (Wildman–Crippen LogP) is 1.51. The van der Waals surface area contributed by atoms with Crippen LogP contribution in [0.15, 0.2) is 18.2 Å². The number of hydrogen-bond donors (Lipinski definition) is 2. The number of unbranched alkanes of at least 4 members (excludes halogenated alkanes) is 2. The van der Waals surface area contributed by atoms with Crippen LogP contribution in [0.3, 0.4) is 0 Å². The smallest absolute Gasteiger partial charge is 0.253 e. The minimum absolute atomic E-state index is 0.0744. The summed E-state index contributed by atoms with van der Waals surface area (Å²) in [6.07, 6.45) is 2.56. The molecule has 0 saturated heterocycles. The lowest BCUT2D eigenvalue weighted by molar-refractivity contribution is 0.0792. The summed E-state index contributed by atoms with van der Waals surface area (Å²) in [7, 11) is 3.30. The first-order valence-electron chi connectivity index (χ1n) is 6.39. The molecule has 0 spiro atoms. The van der Waals surface area contributed by atoms with Crippen LogP contribution in [0.2, 0.25) is 0 Å². The topological polar surface area (TPSA) is 75.8 Å². The summed E-state index contributed by atoms with van der Waals surface area (Å²) in [6.45, 7) is 0.861. The maximum atomic E-state index is 12.2. The van der Waals surface area contributed by atoms with Crippen LogP contribution in [-0.2, 0) is 0 Å². The molecule has 0 fully saturated rings. The predicted molar refractivity (Wildman–Crippen MR) is 75.3 cm³/mol. The highest BCUT2D eigenvalue weighted by molar-refractivity contribution is 5.95. The zero-order valence-corrected chi connectivity index (χ0v) is 11.6. The highest BCUT2D eigenvalue weighted by Crippen LogP contribution is 2.19. The molecule has 5 nitrogen and oxygen atoms in total. The minimum atomic E-state index is -0.0744. The zero-order chi connectivity index (χ0) is 14.3. The highest BCUT2D eigenvalue weighted by Gasteiger charge is 2.13. The molecule has 106 valence electrons. The van der Waals surface area contributed by atoms with Gasteiger partial charge in [-0.05, 0) is 31.4 Å². The Hall–Kier alpha value is -1.75. The standard InChI is InChI=1S/C14H22N2O3/c1-16(6-4-3-5-7-17)14(18)11-8-12(15)10-13(9-11)19-2/h8-10,17H,3-7,15H2,1-2H3. The number of ether oxygens (including phenoxy) is 1. The van der Waals surface area contributed by atoms with E-state index >= 15 is 0 Å². The van der Waals surface area contributed by atoms with Crippen molar-refractivity contribution >= 4 is 11.6 Å². The van der Waals surface area contributed by atoms with Gasteiger partial charge in [0.1, 0.15) is 5.75 Å². The second-order valence-corrected chi connectivity index (χ2v) is 4.51. The van der Waals surface area contributed by atoms with Crippen molar-refractivity contribution in [2.24, 2.45) is 0 Å². The Morgan fingerprint density at radius 3 is 2.68 bits per heavy atom. The van der Waals surface area contributed by atoms with E-state index in [1.165, 1.54) is 0 Å². The third-order valence-corrected chi connectivity index (χ3v) is 2.91. The third kappa shape index (κ3) is 4.79. The molecule has 0 saturated carbocycles. The molecular formula is C14H22N2O3. The lowest BCUT2D eigenvalue weighted by atomic mass is 10.1. The van der Waals surface area contributed by atoms with Gasteiger partial charge in [-0.3, -0.25) is 4.79 Å². The van der Waals surface area contributed by atoms with Crippen molar-refractivity contribution < 1.29 is 14.6 Å². The first-order valence-corrected chi connectivity index (χ1v) is 6.39. The summed E-state index contributed by atoms with van der Waals surface area (Å²) in [5.74, 6) is 0.506. The fraction of sp³-hybridized carbons (Fsp3) is 0.500. The van der Waals surface area contributed by atoms with Gasteiger partial charge < -0.3 is 20.5 Å². The molecular weight excluding hydrogens is 244 g/mol. The highest BCUT2D eigenvalue weighted by atomic mass is 16.5. The number of benzene rings is 1. The van der Waals surface area contributed by atoms with Gasteiger partial charge in [-0.2, -0.15) is 0 Å². The van der Waals surface area contributed by atoms with E-state index in [0.29, 0.717) is 23.5 Å². The number of rotatable bonds is 7. The minimum Gasteiger partial charge on any atom is -0.497 e. The van der Waals surface area contributed by atoms with E-state index < -0.39 is 0 Å². The summed E-state index contributed by atoms with van der Waals surface area (Å²) in [5, 5.41) is 8.70. The fourth-order valence-electron chi connectivity index (χ4n) is 1.82. The average Bonchev–Trinajstić information content (AvgIpc) is 2.41. The quantitative estimate of drug-likeness (QED) is 0.579. The van der Waals surface area contributed by atoms with Crippen LogP contribution in [0.1, 0.15) is 29.6 Å². The number of aliphatic hydroxyl groups is 1. The number of nitrogen functional groups attached to an aromatic ring is 1. The summed E-state index contributed by atoms with van der Waals surface area (Å²) < 4.78 is 5.10. The van der Waals surface area contributed by atoms with Gasteiger partial charge >= 0.3 is 0 Å². The molecule has 1 amide bonds. The van der Waals surface area contributed by atoms with Gasteiger partial charge in [-0.25, -0.2) is 0 Å². The van der Waals surface area contributed by atoms with Gasteiger partial charge in [-0.15, -0.1) is 0 Å². The number of carbonyl (C=O) groups is 1. The van der Waals surface area contributed by atoms with Crippen LogP contribution >= 0.6 is 0 Å². The molecule has 19 heavy (non-hydrogen) atoms. The van der Waals surface area contributed by atoms with Crippen molar-refractivity contribution in [3.63, 3.8) is 0 Å². The normalized spacial score (nSPS) is 10.3. The molecule has 5 heteroatoms. The summed E-state index contributed by atoms with van der Waals surface area (Å²) in [6, 6.07) is 5.01. The first-order chi connectivity index (χ1) is 9.08. The van der Waals surface area contributed by atoms with E-state index in [-0.39, 0.29) is 12.5 Å². The van der Waals surface area contributed by atoms with E-state index in [9.17, 15) is 4.79 Å². The van der Waals surface area contributed by atoms with Crippen molar-refractivity contribution in [3.05, 3.63) is 23.8 Å². The van der Waals surface area contributed by atoms with Gasteiger partial charge in [0.15, 0.2) is 0 Å². The third-order valence-electron chi connectivity index (χ3n) is 2.91. The number of methoxy groups -OCH3 is 1. The summed E-state index contributed by atoms with van der Waals surface area (Å²) in [4.78, 5) is 13.9. The molecule has 3 N–H and O–H groups in total. The SMILES string of the molecule is COc1cc(N)cc(C(=O)N(C)CCCCCO)c1. The maximum Gasteiger partial charge on any atom is 0.253 e. The Balaban J connectivity index is 2.63. The lowest BCUT2D eigenvalue weighted by Gasteiger charge is -2.17. The summed E-state index contributed by atoms with van der Waals surface area (Å²) in [5.41, 5.74) is 6.77. The van der Waals surface area contributed by atoms with Gasteiger partial charge in [0.2, 0.25) is 0 Å². The van der Waals surface area contributed by atoms with Crippen LogP contribution < -0.4 is 10.5 Å². The molecule has 0 aliphatic carbocycles. The number of aliphatic hydroxyl groups excluding tert-OH is 1. The molecule has 0 radical (unpaired) electrons. The molecule has 0 unspecified atom stereocenters. The fourth-order valence-corrected chi connectivity index (χ4v) is 1.82. The Kier molecular flexibility index (Phi) is 6.15. The van der Waals surface area contributed by atoms with E-state index in [4.69, 9.17) is 15.6 Å². The van der Waals surface area contributed by atoms with E-state index in [1.807, 2.05) is 0 Å². The van der Waals surface area contributed by atoms with Gasteiger partial charge in [0.25, 0.3) is 5.91 Å². The lowest BCUT2D eigenvalue weighted by Crippen LogP contribution is -2.27.